The Morgan fingerprint density at radius 3 is 2.81 bits per heavy atom. The molecule has 0 aliphatic carbocycles. The van der Waals surface area contributed by atoms with Gasteiger partial charge in [-0.3, -0.25) is 9.69 Å². The highest BCUT2D eigenvalue weighted by Crippen LogP contribution is 2.30. The lowest BCUT2D eigenvalue weighted by Gasteiger charge is -2.34. The van der Waals surface area contributed by atoms with Crippen LogP contribution in [0.5, 0.6) is 0 Å². The van der Waals surface area contributed by atoms with E-state index in [1.54, 1.807) is 6.20 Å². The van der Waals surface area contributed by atoms with E-state index in [1.165, 1.54) is 25.7 Å². The monoisotopic (exact) mass is 288 g/mol. The summed E-state index contributed by atoms with van der Waals surface area (Å²) in [7, 11) is 0. The molecule has 2 saturated heterocycles. The molecule has 0 saturated carbocycles. The van der Waals surface area contributed by atoms with Gasteiger partial charge >= 0.3 is 0 Å². The van der Waals surface area contributed by atoms with Gasteiger partial charge in [0.1, 0.15) is 6.33 Å². The lowest BCUT2D eigenvalue weighted by Crippen LogP contribution is -2.48. The molecule has 2 aliphatic heterocycles. The third-order valence-corrected chi connectivity index (χ3v) is 4.97. The molecule has 114 valence electrons. The Labute approximate surface area is 126 Å². The van der Waals surface area contributed by atoms with Crippen molar-refractivity contribution in [3.05, 3.63) is 23.8 Å². The van der Waals surface area contributed by atoms with Crippen molar-refractivity contribution >= 4 is 5.91 Å². The van der Waals surface area contributed by atoms with E-state index in [1.807, 2.05) is 6.92 Å². The average molecular weight is 288 g/mol. The molecule has 3 heterocycles. The fourth-order valence-electron chi connectivity index (χ4n) is 3.88. The number of carbonyl (C=O) groups is 1. The van der Waals surface area contributed by atoms with Crippen molar-refractivity contribution in [2.75, 3.05) is 19.6 Å². The maximum absolute atomic E-state index is 12.9. The third-order valence-electron chi connectivity index (χ3n) is 4.97. The van der Waals surface area contributed by atoms with Crippen LogP contribution in [0, 0.1) is 6.92 Å². The van der Waals surface area contributed by atoms with Gasteiger partial charge in [0.2, 0.25) is 0 Å². The molecule has 1 aromatic rings. The van der Waals surface area contributed by atoms with E-state index in [0.29, 0.717) is 17.6 Å². The molecular weight excluding hydrogens is 264 g/mol. The van der Waals surface area contributed by atoms with Crippen LogP contribution < -0.4 is 0 Å². The Morgan fingerprint density at radius 2 is 2.05 bits per heavy atom. The maximum atomic E-state index is 12.9. The minimum absolute atomic E-state index is 0.110. The van der Waals surface area contributed by atoms with E-state index in [9.17, 15) is 4.79 Å². The molecular formula is C16H24N4O. The predicted molar refractivity (Wildman–Crippen MR) is 81.1 cm³/mol. The fraction of sp³-hybridized carbons (Fsp3) is 0.688. The summed E-state index contributed by atoms with van der Waals surface area (Å²) in [6.45, 7) is 7.22. The van der Waals surface area contributed by atoms with Crippen LogP contribution >= 0.6 is 0 Å². The van der Waals surface area contributed by atoms with Gasteiger partial charge in [-0.1, -0.05) is 6.92 Å². The van der Waals surface area contributed by atoms with Crippen LogP contribution in [0.1, 0.15) is 48.7 Å². The van der Waals surface area contributed by atoms with Crippen molar-refractivity contribution in [1.82, 2.24) is 19.8 Å². The number of aryl methyl sites for hydroxylation is 1. The van der Waals surface area contributed by atoms with E-state index in [-0.39, 0.29) is 5.91 Å². The van der Waals surface area contributed by atoms with E-state index in [4.69, 9.17) is 0 Å². The fourth-order valence-corrected chi connectivity index (χ4v) is 3.88. The molecule has 5 heteroatoms. The Morgan fingerprint density at radius 1 is 1.29 bits per heavy atom. The van der Waals surface area contributed by atoms with Crippen LogP contribution in [0.2, 0.25) is 0 Å². The summed E-state index contributed by atoms with van der Waals surface area (Å²) in [6.07, 6.45) is 7.86. The summed E-state index contributed by atoms with van der Waals surface area (Å²) in [4.78, 5) is 25.6. The first-order chi connectivity index (χ1) is 10.2. The Balaban J connectivity index is 1.81. The summed E-state index contributed by atoms with van der Waals surface area (Å²) in [5, 5.41) is 0. The standard InChI is InChI=1S/C16H24N4O/c1-3-19-8-4-6-14(19)15-7-5-9-20(15)16(21)13-10-17-11-18-12(13)2/h10-11,14-15H,3-9H2,1-2H3. The minimum atomic E-state index is 0.110. The average Bonchev–Trinajstić information content (AvgIpc) is 3.15. The second-order valence-electron chi connectivity index (χ2n) is 6.07. The molecule has 1 amide bonds. The van der Waals surface area contributed by atoms with E-state index in [0.717, 1.165) is 31.6 Å². The van der Waals surface area contributed by atoms with Crippen molar-refractivity contribution in [2.24, 2.45) is 0 Å². The number of rotatable bonds is 3. The molecule has 2 aliphatic rings. The highest BCUT2D eigenvalue weighted by molar-refractivity contribution is 5.95. The molecule has 21 heavy (non-hydrogen) atoms. The molecule has 2 atom stereocenters. The topological polar surface area (TPSA) is 49.3 Å². The van der Waals surface area contributed by atoms with Gasteiger partial charge in [-0.25, -0.2) is 9.97 Å². The van der Waals surface area contributed by atoms with E-state index >= 15 is 0 Å². The van der Waals surface area contributed by atoms with Gasteiger partial charge in [-0.2, -0.15) is 0 Å². The van der Waals surface area contributed by atoms with E-state index < -0.39 is 0 Å². The van der Waals surface area contributed by atoms with Gasteiger partial charge in [0.25, 0.3) is 5.91 Å². The first-order valence-electron chi connectivity index (χ1n) is 8.04. The second kappa shape index (κ2) is 6.10. The van der Waals surface area contributed by atoms with Gasteiger partial charge < -0.3 is 4.90 Å². The van der Waals surface area contributed by atoms with E-state index in [2.05, 4.69) is 26.7 Å². The number of aromatic nitrogens is 2. The Hall–Kier alpha value is -1.49. The molecule has 1 aromatic heterocycles. The number of carbonyl (C=O) groups excluding carboxylic acids is 1. The number of hydrogen-bond donors (Lipinski definition) is 0. The number of likely N-dealkylation sites (N-methyl/N-ethyl adjacent to an activating group) is 1. The second-order valence-corrected chi connectivity index (χ2v) is 6.07. The smallest absolute Gasteiger partial charge is 0.257 e. The molecule has 0 radical (unpaired) electrons. The van der Waals surface area contributed by atoms with Crippen molar-refractivity contribution in [1.29, 1.82) is 0 Å². The summed E-state index contributed by atoms with van der Waals surface area (Å²) in [6, 6.07) is 0.894. The maximum Gasteiger partial charge on any atom is 0.257 e. The van der Waals surface area contributed by atoms with Gasteiger partial charge in [-0.05, 0) is 45.7 Å². The van der Waals surface area contributed by atoms with Gasteiger partial charge in [0.05, 0.1) is 11.3 Å². The molecule has 5 nitrogen and oxygen atoms in total. The zero-order valence-corrected chi connectivity index (χ0v) is 13.0. The minimum Gasteiger partial charge on any atom is -0.334 e. The Bertz CT molecular complexity index is 519. The van der Waals surface area contributed by atoms with Gasteiger partial charge in [0.15, 0.2) is 0 Å². The predicted octanol–water partition coefficient (Wildman–Crippen LogP) is 1.87. The SMILES string of the molecule is CCN1CCCC1C1CCCN1C(=O)c1cncnc1C. The molecule has 0 spiro atoms. The number of amides is 1. The van der Waals surface area contributed by atoms with Crippen molar-refractivity contribution < 1.29 is 4.79 Å². The van der Waals surface area contributed by atoms with Crippen LogP contribution in [-0.4, -0.2) is 57.4 Å². The quantitative estimate of drug-likeness (QED) is 0.852. The normalized spacial score (nSPS) is 26.5. The summed E-state index contributed by atoms with van der Waals surface area (Å²) in [5.41, 5.74) is 1.44. The summed E-state index contributed by atoms with van der Waals surface area (Å²) >= 11 is 0. The van der Waals surface area contributed by atoms with Crippen LogP contribution in [0.25, 0.3) is 0 Å². The lowest BCUT2D eigenvalue weighted by molar-refractivity contribution is 0.0648. The molecule has 2 unspecified atom stereocenters. The highest BCUT2D eigenvalue weighted by Gasteiger charge is 2.39. The molecule has 3 rings (SSSR count). The molecule has 0 aromatic carbocycles. The van der Waals surface area contributed by atoms with Gasteiger partial charge in [-0.15, -0.1) is 0 Å². The van der Waals surface area contributed by atoms with Crippen LogP contribution in [0.3, 0.4) is 0 Å². The number of hydrogen-bond acceptors (Lipinski definition) is 4. The molecule has 0 bridgehead atoms. The largest absolute Gasteiger partial charge is 0.334 e. The van der Waals surface area contributed by atoms with Crippen LogP contribution in [0.4, 0.5) is 0 Å². The highest BCUT2D eigenvalue weighted by atomic mass is 16.2. The third kappa shape index (κ3) is 2.67. The van der Waals surface area contributed by atoms with Crippen molar-refractivity contribution in [2.45, 2.75) is 51.6 Å². The van der Waals surface area contributed by atoms with Crippen molar-refractivity contribution in [3.63, 3.8) is 0 Å². The Kier molecular flexibility index (Phi) is 4.19. The first-order valence-corrected chi connectivity index (χ1v) is 8.04. The summed E-state index contributed by atoms with van der Waals surface area (Å²) in [5.74, 6) is 0.110. The summed E-state index contributed by atoms with van der Waals surface area (Å²) < 4.78 is 0. The number of likely N-dealkylation sites (tertiary alicyclic amines) is 2. The first kappa shape index (κ1) is 14.4. The zero-order valence-electron chi connectivity index (χ0n) is 13.0. The molecule has 0 N–H and O–H groups in total. The molecule has 2 fully saturated rings. The van der Waals surface area contributed by atoms with Crippen LogP contribution in [-0.2, 0) is 0 Å². The van der Waals surface area contributed by atoms with Crippen molar-refractivity contribution in [3.8, 4) is 0 Å². The lowest BCUT2D eigenvalue weighted by atomic mass is 10.0. The zero-order chi connectivity index (χ0) is 14.8. The number of nitrogens with zero attached hydrogens (tertiary/aromatic N) is 4. The van der Waals surface area contributed by atoms with Crippen LogP contribution in [0.15, 0.2) is 12.5 Å². The van der Waals surface area contributed by atoms with Gasteiger partial charge in [0, 0.05) is 24.8 Å².